The van der Waals surface area contributed by atoms with Gasteiger partial charge in [-0.1, -0.05) is 60.7 Å². The Morgan fingerprint density at radius 2 is 0.289 bits per heavy atom. The van der Waals surface area contributed by atoms with Crippen LogP contribution in [0.5, 0.6) is 0 Å². The zero-order valence-electron chi connectivity index (χ0n) is 38.7. The van der Waals surface area contributed by atoms with Gasteiger partial charge in [0.05, 0.1) is 22.3 Å². The van der Waals surface area contributed by atoms with Crippen molar-refractivity contribution in [3.05, 3.63) is 94.0 Å². The molecule has 0 bridgehead atoms. The molecule has 0 radical (unpaired) electrons. The molecule has 35 rings (SSSR count). The molecule has 0 atom stereocenters. The summed E-state index contributed by atoms with van der Waals surface area (Å²) >= 11 is 0. The van der Waals surface area contributed by atoms with E-state index in [-0.39, 0.29) is 0 Å². The average molecular weight is 927 g/mol. The van der Waals surface area contributed by atoms with Gasteiger partial charge in [-0.05, 0) is 324 Å². The van der Waals surface area contributed by atoms with Crippen molar-refractivity contribution >= 4 is 302 Å². The van der Waals surface area contributed by atoms with E-state index in [0.717, 1.165) is 0 Å². The molecule has 0 amide bonds. The van der Waals surface area contributed by atoms with Crippen LogP contribution in [0.15, 0.2) is 70.9 Å². The van der Waals surface area contributed by atoms with Gasteiger partial charge in [0, 0.05) is 0 Å². The molecule has 30 aromatic rings. The number of benzene rings is 20. The van der Waals surface area contributed by atoms with Gasteiger partial charge in [-0.15, -0.1) is 0 Å². The summed E-state index contributed by atoms with van der Waals surface area (Å²) in [6.07, 6.45) is 0. The van der Waals surface area contributed by atoms with E-state index in [1.165, 1.54) is 22.6 Å². The maximum absolute atomic E-state index is 5.98. The third-order valence-corrected chi connectivity index (χ3v) is 26.4. The van der Waals surface area contributed by atoms with E-state index < -0.39 is 10.8 Å². The molecule has 0 saturated carbocycles. The van der Waals surface area contributed by atoms with Gasteiger partial charge in [-0.25, -0.2) is 0 Å². The molecular weight excluding hydrogens is 917 g/mol. The average Bonchev–Trinajstić information content (AvgIpc) is 4.41. The lowest BCUT2D eigenvalue weighted by molar-refractivity contribution is 0.524. The van der Waals surface area contributed by atoms with Crippen LogP contribution in [0.3, 0.4) is 0 Å². The molecule has 1 aliphatic heterocycles. The Kier molecular flexibility index (Phi) is 2.53. The highest BCUT2D eigenvalue weighted by molar-refractivity contribution is 6.82. The molecule has 4 aliphatic carbocycles. The Morgan fingerprint density at radius 1 is 0.158 bits per heavy atom. The van der Waals surface area contributed by atoms with Crippen LogP contribution in [0, 0.1) is 0 Å². The lowest BCUT2D eigenvalue weighted by Crippen LogP contribution is -2.62. The normalized spacial score (nSPS) is 21.7. The van der Waals surface area contributed by atoms with E-state index >= 15 is 0 Å². The second kappa shape index (κ2) is 6.71. The molecule has 0 fully saturated rings. The Morgan fingerprint density at radius 3 is 0.434 bits per heavy atom. The van der Waals surface area contributed by atoms with Gasteiger partial charge in [0.25, 0.3) is 0 Å². The second-order valence-electron chi connectivity index (χ2n) is 26.9. The summed E-state index contributed by atoms with van der Waals surface area (Å²) < 4.78 is 0. The standard InChI is InChI=1S/C74H10N2/c1-3-7-11(8-4-1)71-73-67-59-51-41-31-23-15-13-14-17-21-19(15)27-35-29(21)39-33-25(17)26-18(14)22-20-16(13)24(23)32-38-28(20)36-30(22)40-34(26)44-43(33)53-47(39)57-49(35)55(45(51)37(27)31)63(67)65(57)69-61(53)62-54(44)48(40)58-50(36)56-46(38)52(42(32)41)60(59)68(73)64(56)66(58)70(62)74(69,73)72(76-75-71)12-9-5-2-6-10-12/h1-10H. The van der Waals surface area contributed by atoms with Crippen molar-refractivity contribution in [3.8, 4) is 0 Å². The van der Waals surface area contributed by atoms with E-state index in [0.29, 0.717) is 0 Å². The van der Waals surface area contributed by atoms with Gasteiger partial charge in [0.15, 0.2) is 0 Å². The van der Waals surface area contributed by atoms with Gasteiger partial charge < -0.3 is 0 Å². The molecule has 0 aromatic heterocycles. The van der Waals surface area contributed by atoms with Crippen molar-refractivity contribution in [1.82, 2.24) is 0 Å². The quantitative estimate of drug-likeness (QED) is 0.154. The first-order chi connectivity index (χ1) is 37.9. The zero-order chi connectivity index (χ0) is 45.3. The van der Waals surface area contributed by atoms with Crippen molar-refractivity contribution in [2.24, 2.45) is 10.2 Å². The van der Waals surface area contributed by atoms with Crippen molar-refractivity contribution < 1.29 is 0 Å². The molecule has 5 aliphatic rings. The van der Waals surface area contributed by atoms with Crippen LogP contribution in [0.2, 0.25) is 0 Å². The third-order valence-electron chi connectivity index (χ3n) is 26.4. The van der Waals surface area contributed by atoms with Crippen LogP contribution in [0.1, 0.15) is 33.4 Å². The van der Waals surface area contributed by atoms with Crippen LogP contribution < -0.4 is 0 Å². The maximum Gasteiger partial charge on any atom is 0.0870 e. The Balaban J connectivity index is 1.14. The minimum atomic E-state index is -0.702. The molecule has 2 spiro atoms. The van der Waals surface area contributed by atoms with Gasteiger partial charge in [0.2, 0.25) is 0 Å². The highest BCUT2D eigenvalue weighted by Crippen LogP contribution is 2.85. The first kappa shape index (κ1) is 28.6. The molecule has 2 nitrogen and oxygen atoms in total. The van der Waals surface area contributed by atoms with E-state index in [1.807, 2.05) is 0 Å². The first-order valence-corrected chi connectivity index (χ1v) is 28.0. The van der Waals surface area contributed by atoms with Gasteiger partial charge in [-0.3, -0.25) is 0 Å². The van der Waals surface area contributed by atoms with E-state index in [1.54, 1.807) is 313 Å². The van der Waals surface area contributed by atoms with Crippen LogP contribution in [-0.2, 0) is 10.8 Å². The summed E-state index contributed by atoms with van der Waals surface area (Å²) in [6.45, 7) is 0. The summed E-state index contributed by atoms with van der Waals surface area (Å²) in [5, 5.41) is 98.9. The van der Waals surface area contributed by atoms with E-state index in [4.69, 9.17) is 10.2 Å². The van der Waals surface area contributed by atoms with E-state index in [2.05, 4.69) is 60.7 Å². The minimum absolute atomic E-state index is 0.702. The highest BCUT2D eigenvalue weighted by Gasteiger charge is 2.74. The smallest absolute Gasteiger partial charge is 0.0870 e. The Hall–Kier alpha value is -9.76. The summed E-state index contributed by atoms with van der Waals surface area (Å²) in [5.41, 5.74) is 9.74. The summed E-state index contributed by atoms with van der Waals surface area (Å²) in [6, 6.07) is 23.2. The van der Waals surface area contributed by atoms with Gasteiger partial charge >= 0.3 is 0 Å². The molecule has 0 saturated heterocycles. The molecular formula is C74H10N2. The minimum Gasteiger partial charge on any atom is -0.153 e. The Labute approximate surface area is 415 Å². The van der Waals surface area contributed by atoms with Crippen LogP contribution in [-0.4, -0.2) is 11.4 Å². The Bertz CT molecular complexity index is 7270. The molecule has 76 heavy (non-hydrogen) atoms. The SMILES string of the molecule is c1ccc(C2=NN=C(c3ccccc3)C34c5c6c7c8c9c%10c(c%11c%12c3c3c5c5c%13c6c6c7c7c9c9c%14c%10c%10c%11c%11c%12c%12c3c3c5c5c%13c%13c6c6c7c9c7c9c%14c%10c%10c%11c%11c%12c3c3c5c5c%13c6c7c6c9c%10c%11c3c56)C284)cc1. The monoisotopic (exact) mass is 926 g/mol. The number of hydrogen-bond acceptors (Lipinski definition) is 2. The van der Waals surface area contributed by atoms with Crippen molar-refractivity contribution in [2.45, 2.75) is 10.8 Å². The molecule has 0 unspecified atom stereocenters. The molecule has 316 valence electrons. The van der Waals surface area contributed by atoms with E-state index in [9.17, 15) is 0 Å². The third kappa shape index (κ3) is 1.57. The predicted molar refractivity (Wildman–Crippen MR) is 320 cm³/mol. The molecule has 2 heteroatoms. The van der Waals surface area contributed by atoms with Crippen molar-refractivity contribution in [3.63, 3.8) is 0 Å². The molecule has 30 aromatic carbocycles. The fraction of sp³-hybridized carbons (Fsp3) is 0.0270. The first-order valence-electron chi connectivity index (χ1n) is 28.0. The molecule has 1 heterocycles. The maximum atomic E-state index is 5.98. The summed E-state index contributed by atoms with van der Waals surface area (Å²) in [7, 11) is 0. The highest BCUT2D eigenvalue weighted by atomic mass is 15.2. The van der Waals surface area contributed by atoms with Crippen LogP contribution in [0.25, 0.3) is 291 Å². The zero-order valence-corrected chi connectivity index (χ0v) is 38.7. The second-order valence-corrected chi connectivity index (χ2v) is 26.9. The lowest BCUT2D eigenvalue weighted by Gasteiger charge is -2.56. The fourth-order valence-corrected chi connectivity index (χ4v) is 26.1. The fourth-order valence-electron chi connectivity index (χ4n) is 26.1. The van der Waals surface area contributed by atoms with Gasteiger partial charge in [0.1, 0.15) is 0 Å². The number of rotatable bonds is 2. The van der Waals surface area contributed by atoms with Crippen LogP contribution in [0.4, 0.5) is 0 Å². The van der Waals surface area contributed by atoms with Gasteiger partial charge in [-0.2, -0.15) is 10.2 Å². The van der Waals surface area contributed by atoms with Crippen LogP contribution >= 0.6 is 0 Å². The van der Waals surface area contributed by atoms with Crippen molar-refractivity contribution in [1.29, 1.82) is 0 Å². The predicted octanol–water partition coefficient (Wildman–Crippen LogP) is 19.2. The number of nitrogens with zero attached hydrogens (tertiary/aromatic N) is 2. The largest absolute Gasteiger partial charge is 0.153 e. The lowest BCUT2D eigenvalue weighted by atomic mass is 9.44. The molecule has 0 N–H and O–H groups in total. The topological polar surface area (TPSA) is 24.7 Å². The van der Waals surface area contributed by atoms with Crippen molar-refractivity contribution in [2.75, 3.05) is 0 Å². The summed E-state index contributed by atoms with van der Waals surface area (Å²) in [5.74, 6) is 0. The number of hydrogen-bond donors (Lipinski definition) is 0. The summed E-state index contributed by atoms with van der Waals surface area (Å²) in [4.78, 5) is 0.